The van der Waals surface area contributed by atoms with Crippen molar-refractivity contribution in [1.82, 2.24) is 9.88 Å². The molecule has 2 heterocycles. The first-order valence-electron chi connectivity index (χ1n) is 8.58. The number of β-amino-alcohol motifs (C(OH)–C–C–N with tert-alkyl or cyclic N) is 1. The smallest absolute Gasteiger partial charge is 0.253 e. The average molecular weight is 352 g/mol. The van der Waals surface area contributed by atoms with Crippen molar-refractivity contribution in [3.63, 3.8) is 0 Å². The molecule has 1 unspecified atom stereocenters. The lowest BCUT2D eigenvalue weighted by atomic mass is 10.1. The van der Waals surface area contributed by atoms with Crippen molar-refractivity contribution in [3.8, 4) is 11.5 Å². The van der Waals surface area contributed by atoms with Gasteiger partial charge in [0.25, 0.3) is 5.91 Å². The van der Waals surface area contributed by atoms with Crippen molar-refractivity contribution >= 4 is 17.0 Å². The van der Waals surface area contributed by atoms with E-state index < -0.39 is 5.60 Å². The van der Waals surface area contributed by atoms with E-state index >= 15 is 0 Å². The Morgan fingerprint density at radius 2 is 2.15 bits per heavy atom. The van der Waals surface area contributed by atoms with Crippen LogP contribution in [0.5, 0.6) is 0 Å². The minimum atomic E-state index is -1.20. The number of likely N-dealkylation sites (tertiary alicyclic amines) is 1. The van der Waals surface area contributed by atoms with Gasteiger partial charge in [0.1, 0.15) is 11.1 Å². The molecule has 0 bridgehead atoms. The number of carbonyl (C=O) groups is 1. The van der Waals surface area contributed by atoms with Crippen LogP contribution in [0.1, 0.15) is 22.3 Å². The van der Waals surface area contributed by atoms with Crippen LogP contribution in [-0.2, 0) is 0 Å². The summed E-state index contributed by atoms with van der Waals surface area (Å²) >= 11 is 0. The standard InChI is InChI=1S/C20H20N2O4/c1-13-5-6-17-16(9-13)21-18(26-17)14-3-2-4-15(10-14)19(24)22-8-7-20(25,11-22)12-23/h2-6,9-10,23,25H,7-8,11-12H2,1H3. The predicted octanol–water partition coefficient (Wildman–Crippen LogP) is 2.37. The number of aliphatic hydroxyl groups excluding tert-OH is 1. The van der Waals surface area contributed by atoms with E-state index in [4.69, 9.17) is 4.42 Å². The number of carbonyl (C=O) groups excluding carboxylic acids is 1. The third-order valence-electron chi connectivity index (χ3n) is 4.81. The van der Waals surface area contributed by atoms with Crippen LogP contribution in [0.2, 0.25) is 0 Å². The Kier molecular flexibility index (Phi) is 4.01. The largest absolute Gasteiger partial charge is 0.436 e. The third-order valence-corrected chi connectivity index (χ3v) is 4.81. The number of amides is 1. The van der Waals surface area contributed by atoms with Crippen molar-refractivity contribution in [2.75, 3.05) is 19.7 Å². The second-order valence-corrected chi connectivity index (χ2v) is 6.93. The number of aryl methyl sites for hydroxylation is 1. The topological polar surface area (TPSA) is 86.8 Å². The second kappa shape index (κ2) is 6.23. The van der Waals surface area contributed by atoms with Crippen molar-refractivity contribution in [2.45, 2.75) is 18.9 Å². The Hall–Kier alpha value is -2.70. The van der Waals surface area contributed by atoms with Crippen LogP contribution in [0.15, 0.2) is 46.9 Å². The molecule has 4 rings (SSSR count). The van der Waals surface area contributed by atoms with E-state index in [1.165, 1.54) is 0 Å². The summed E-state index contributed by atoms with van der Waals surface area (Å²) in [5, 5.41) is 19.4. The number of oxazole rings is 1. The number of hydrogen-bond acceptors (Lipinski definition) is 5. The van der Waals surface area contributed by atoms with Gasteiger partial charge in [-0.1, -0.05) is 12.1 Å². The van der Waals surface area contributed by atoms with Crippen LogP contribution in [0, 0.1) is 6.92 Å². The summed E-state index contributed by atoms with van der Waals surface area (Å²) in [5.74, 6) is 0.289. The normalized spacial score (nSPS) is 20.0. The molecule has 0 saturated carbocycles. The van der Waals surface area contributed by atoms with E-state index in [9.17, 15) is 15.0 Å². The SMILES string of the molecule is Cc1ccc2oc(-c3cccc(C(=O)N4CCC(O)(CO)C4)c3)nc2c1. The summed E-state index contributed by atoms with van der Waals surface area (Å²) in [5.41, 5.74) is 2.61. The monoisotopic (exact) mass is 352 g/mol. The lowest BCUT2D eigenvalue weighted by molar-refractivity contribution is -0.00455. The zero-order valence-electron chi connectivity index (χ0n) is 14.5. The van der Waals surface area contributed by atoms with Crippen molar-refractivity contribution in [2.24, 2.45) is 0 Å². The second-order valence-electron chi connectivity index (χ2n) is 6.93. The fourth-order valence-electron chi connectivity index (χ4n) is 3.29. The van der Waals surface area contributed by atoms with Crippen molar-refractivity contribution in [3.05, 3.63) is 53.6 Å². The maximum atomic E-state index is 12.7. The van der Waals surface area contributed by atoms with Crippen molar-refractivity contribution in [1.29, 1.82) is 0 Å². The number of aliphatic hydroxyl groups is 2. The lowest BCUT2D eigenvalue weighted by Gasteiger charge is -2.21. The molecule has 0 spiro atoms. The Balaban J connectivity index is 1.63. The zero-order chi connectivity index (χ0) is 18.3. The minimum absolute atomic E-state index is 0.134. The molecule has 2 N–H and O–H groups in total. The first kappa shape index (κ1) is 16.8. The van der Waals surface area contributed by atoms with E-state index in [0.29, 0.717) is 30.0 Å². The molecule has 2 aromatic carbocycles. The van der Waals surface area contributed by atoms with Crippen LogP contribution >= 0.6 is 0 Å². The maximum absolute atomic E-state index is 12.7. The average Bonchev–Trinajstić information content (AvgIpc) is 3.25. The molecule has 0 aliphatic carbocycles. The van der Waals surface area contributed by atoms with E-state index in [1.807, 2.05) is 31.2 Å². The fraction of sp³-hybridized carbons (Fsp3) is 0.300. The number of rotatable bonds is 3. The van der Waals surface area contributed by atoms with Gasteiger partial charge in [0.15, 0.2) is 5.58 Å². The third kappa shape index (κ3) is 2.98. The van der Waals surface area contributed by atoms with Crippen LogP contribution in [0.3, 0.4) is 0 Å². The minimum Gasteiger partial charge on any atom is -0.436 e. The molecule has 6 nitrogen and oxygen atoms in total. The summed E-state index contributed by atoms with van der Waals surface area (Å²) in [7, 11) is 0. The molecule has 134 valence electrons. The van der Waals surface area contributed by atoms with E-state index in [0.717, 1.165) is 16.6 Å². The van der Waals surface area contributed by atoms with Crippen LogP contribution in [-0.4, -0.2) is 51.3 Å². The number of fused-ring (bicyclic) bond motifs is 1. The summed E-state index contributed by atoms with van der Waals surface area (Å²) in [6.45, 7) is 2.20. The molecule has 26 heavy (non-hydrogen) atoms. The first-order valence-corrected chi connectivity index (χ1v) is 8.58. The van der Waals surface area contributed by atoms with Gasteiger partial charge < -0.3 is 19.5 Å². The Labute approximate surface area is 150 Å². The fourth-order valence-corrected chi connectivity index (χ4v) is 3.29. The van der Waals surface area contributed by atoms with Crippen LogP contribution in [0.25, 0.3) is 22.6 Å². The number of benzene rings is 2. The number of hydrogen-bond donors (Lipinski definition) is 2. The van der Waals surface area contributed by atoms with Crippen molar-refractivity contribution < 1.29 is 19.4 Å². The van der Waals surface area contributed by atoms with Gasteiger partial charge in [-0.05, 0) is 49.2 Å². The molecule has 6 heteroatoms. The quantitative estimate of drug-likeness (QED) is 0.756. The molecular formula is C20H20N2O4. The van der Waals surface area contributed by atoms with Gasteiger partial charge in [-0.25, -0.2) is 4.98 Å². The molecule has 1 amide bonds. The number of nitrogens with zero attached hydrogens (tertiary/aromatic N) is 2. The Morgan fingerprint density at radius 1 is 1.31 bits per heavy atom. The highest BCUT2D eigenvalue weighted by Gasteiger charge is 2.37. The highest BCUT2D eigenvalue weighted by molar-refractivity contribution is 5.95. The molecule has 1 atom stereocenters. The van der Waals surface area contributed by atoms with Crippen LogP contribution < -0.4 is 0 Å². The molecule has 0 radical (unpaired) electrons. The van der Waals surface area contributed by atoms with Gasteiger partial charge in [0.05, 0.1) is 13.2 Å². The highest BCUT2D eigenvalue weighted by atomic mass is 16.3. The van der Waals surface area contributed by atoms with Gasteiger partial charge in [-0.15, -0.1) is 0 Å². The van der Waals surface area contributed by atoms with E-state index in [1.54, 1.807) is 23.1 Å². The maximum Gasteiger partial charge on any atom is 0.253 e. The Morgan fingerprint density at radius 3 is 2.92 bits per heavy atom. The van der Waals surface area contributed by atoms with Gasteiger partial charge >= 0.3 is 0 Å². The molecule has 1 fully saturated rings. The lowest BCUT2D eigenvalue weighted by Crippen LogP contribution is -2.38. The molecule has 1 saturated heterocycles. The van der Waals surface area contributed by atoms with Gasteiger partial charge in [-0.2, -0.15) is 0 Å². The molecule has 1 aromatic heterocycles. The molecule has 3 aromatic rings. The van der Waals surface area contributed by atoms with Crippen LogP contribution in [0.4, 0.5) is 0 Å². The summed E-state index contributed by atoms with van der Waals surface area (Å²) in [4.78, 5) is 18.8. The highest BCUT2D eigenvalue weighted by Crippen LogP contribution is 2.27. The molecule has 1 aliphatic rings. The summed E-state index contributed by atoms with van der Waals surface area (Å²) in [6, 6.07) is 12.9. The first-order chi connectivity index (χ1) is 12.5. The summed E-state index contributed by atoms with van der Waals surface area (Å²) in [6.07, 6.45) is 0.374. The van der Waals surface area contributed by atoms with Gasteiger partial charge in [0, 0.05) is 17.7 Å². The summed E-state index contributed by atoms with van der Waals surface area (Å²) < 4.78 is 5.81. The van der Waals surface area contributed by atoms with Gasteiger partial charge in [-0.3, -0.25) is 4.79 Å². The van der Waals surface area contributed by atoms with E-state index in [-0.39, 0.29) is 19.1 Å². The molecular weight excluding hydrogens is 332 g/mol. The Bertz CT molecular complexity index is 981. The van der Waals surface area contributed by atoms with Gasteiger partial charge in [0.2, 0.25) is 5.89 Å². The number of aromatic nitrogens is 1. The molecule has 1 aliphatic heterocycles. The predicted molar refractivity (Wildman–Crippen MR) is 96.7 cm³/mol. The van der Waals surface area contributed by atoms with E-state index in [2.05, 4.69) is 4.98 Å². The zero-order valence-corrected chi connectivity index (χ0v) is 14.5.